The zero-order valence-electron chi connectivity index (χ0n) is 16.9. The molecule has 0 unspecified atom stereocenters. The first kappa shape index (κ1) is 21.0. The Hall–Kier alpha value is -3.24. The summed E-state index contributed by atoms with van der Waals surface area (Å²) in [7, 11) is -3.75. The second kappa shape index (κ2) is 8.48. The van der Waals surface area contributed by atoms with Crippen LogP contribution in [0.1, 0.15) is 36.7 Å². The average Bonchev–Trinajstić information content (AvgIpc) is 2.79. The summed E-state index contributed by atoms with van der Waals surface area (Å²) in [6.45, 7) is 2.12. The predicted molar refractivity (Wildman–Crippen MR) is 115 cm³/mol. The minimum absolute atomic E-state index is 0.00579. The Labute approximate surface area is 179 Å². The Balaban J connectivity index is 1.86. The monoisotopic (exact) mass is 439 g/mol. The SMILES string of the molecule is CC(=O)c1nn(N=Nc2ccccc2)c2ccc(S(=O)(=O)N3CCCCC3)cc2c1=O. The quantitative estimate of drug-likeness (QED) is 0.447. The van der Waals surface area contributed by atoms with Gasteiger partial charge in [0.15, 0.2) is 11.5 Å². The molecular weight excluding hydrogens is 418 g/mol. The molecule has 0 N–H and O–H groups in total. The standard InChI is InChI=1S/C21H21N5O4S/c1-15(27)20-21(28)18-14-17(31(29,30)25-12-6-3-7-13-25)10-11-19(18)26(23-20)24-22-16-8-4-2-5-9-16/h2,4-5,8-11,14H,3,6-7,12-13H2,1H3. The first-order valence-corrected chi connectivity index (χ1v) is 11.4. The van der Waals surface area contributed by atoms with Gasteiger partial charge in [-0.25, -0.2) is 8.42 Å². The molecule has 9 nitrogen and oxygen atoms in total. The predicted octanol–water partition coefficient (Wildman–Crippen LogP) is 3.32. The number of hydrogen-bond acceptors (Lipinski definition) is 7. The Bertz CT molecular complexity index is 1330. The van der Waals surface area contributed by atoms with E-state index in [-0.39, 0.29) is 21.5 Å². The zero-order valence-corrected chi connectivity index (χ0v) is 17.7. The van der Waals surface area contributed by atoms with Crippen molar-refractivity contribution in [3.8, 4) is 0 Å². The van der Waals surface area contributed by atoms with Crippen LogP contribution in [0.2, 0.25) is 0 Å². The number of hydrogen-bond donors (Lipinski definition) is 0. The number of rotatable bonds is 5. The number of nitrogens with zero attached hydrogens (tertiary/aromatic N) is 5. The summed E-state index contributed by atoms with van der Waals surface area (Å²) in [5.74, 6) is -0.542. The van der Waals surface area contributed by atoms with Gasteiger partial charge in [0.25, 0.3) is 0 Å². The fourth-order valence-corrected chi connectivity index (χ4v) is 5.04. The fourth-order valence-electron chi connectivity index (χ4n) is 3.49. The van der Waals surface area contributed by atoms with Crippen LogP contribution < -0.4 is 5.43 Å². The Kier molecular flexibility index (Phi) is 5.75. The maximum absolute atomic E-state index is 13.0. The molecule has 4 rings (SSSR count). The lowest BCUT2D eigenvalue weighted by Gasteiger charge is -2.25. The first-order valence-electron chi connectivity index (χ1n) is 9.93. The third kappa shape index (κ3) is 4.17. The van der Waals surface area contributed by atoms with Crippen LogP contribution in [-0.4, -0.2) is 41.5 Å². The highest BCUT2D eigenvalue weighted by Gasteiger charge is 2.27. The van der Waals surface area contributed by atoms with Crippen LogP contribution in [0.5, 0.6) is 0 Å². The molecule has 1 aliphatic rings. The van der Waals surface area contributed by atoms with Gasteiger partial charge in [0.1, 0.15) is 0 Å². The number of ketones is 1. The molecule has 0 spiro atoms. The van der Waals surface area contributed by atoms with E-state index in [1.807, 2.05) is 6.07 Å². The number of carbonyl (C=O) groups is 1. The number of carbonyl (C=O) groups excluding carboxylic acids is 1. The van der Waals surface area contributed by atoms with Gasteiger partial charge in [-0.05, 0) is 48.4 Å². The number of fused-ring (bicyclic) bond motifs is 1. The highest BCUT2D eigenvalue weighted by Crippen LogP contribution is 2.23. The molecule has 0 radical (unpaired) electrons. The van der Waals surface area contributed by atoms with Crippen molar-refractivity contribution in [1.82, 2.24) is 14.2 Å². The van der Waals surface area contributed by atoms with Crippen LogP contribution in [0.4, 0.5) is 5.69 Å². The van der Waals surface area contributed by atoms with Gasteiger partial charge in [0.2, 0.25) is 15.5 Å². The van der Waals surface area contributed by atoms with Crippen molar-refractivity contribution in [3.05, 3.63) is 64.4 Å². The van der Waals surface area contributed by atoms with Gasteiger partial charge >= 0.3 is 0 Å². The molecule has 1 fully saturated rings. The Morgan fingerprint density at radius 3 is 2.42 bits per heavy atom. The van der Waals surface area contributed by atoms with Crippen LogP contribution in [0, 0.1) is 0 Å². The number of Topliss-reactive ketones (excluding diaryl/α,β-unsaturated/α-hetero) is 1. The number of benzene rings is 2. The van der Waals surface area contributed by atoms with E-state index < -0.39 is 21.2 Å². The van der Waals surface area contributed by atoms with Crippen LogP contribution in [0.25, 0.3) is 10.9 Å². The molecule has 31 heavy (non-hydrogen) atoms. The topological polar surface area (TPSA) is 114 Å². The first-order chi connectivity index (χ1) is 14.9. The minimum Gasteiger partial charge on any atom is -0.293 e. The molecule has 0 bridgehead atoms. The molecule has 1 saturated heterocycles. The molecular formula is C21H21N5O4S. The maximum atomic E-state index is 13.0. The van der Waals surface area contributed by atoms with E-state index in [0.29, 0.717) is 18.8 Å². The molecule has 1 aromatic heterocycles. The molecule has 0 amide bonds. The fraction of sp³-hybridized carbons (Fsp3) is 0.286. The van der Waals surface area contributed by atoms with E-state index in [0.717, 1.165) is 24.1 Å². The summed E-state index contributed by atoms with van der Waals surface area (Å²) in [5, 5.41) is 12.2. The largest absolute Gasteiger partial charge is 0.293 e. The maximum Gasteiger partial charge on any atom is 0.243 e. The molecule has 2 heterocycles. The Morgan fingerprint density at radius 2 is 1.74 bits per heavy atom. The number of aromatic nitrogens is 2. The van der Waals surface area contributed by atoms with Gasteiger partial charge in [-0.2, -0.15) is 4.31 Å². The molecule has 2 aromatic carbocycles. The van der Waals surface area contributed by atoms with Gasteiger partial charge in [-0.3, -0.25) is 9.59 Å². The van der Waals surface area contributed by atoms with Crippen LogP contribution in [-0.2, 0) is 10.0 Å². The van der Waals surface area contributed by atoms with Crippen LogP contribution >= 0.6 is 0 Å². The van der Waals surface area contributed by atoms with Crippen molar-refractivity contribution in [2.45, 2.75) is 31.1 Å². The van der Waals surface area contributed by atoms with Crippen LogP contribution in [0.15, 0.2) is 68.6 Å². The molecule has 0 aliphatic carbocycles. The van der Waals surface area contributed by atoms with Crippen LogP contribution in [0.3, 0.4) is 0 Å². The average molecular weight is 439 g/mol. The van der Waals surface area contributed by atoms with E-state index in [2.05, 4.69) is 15.4 Å². The highest BCUT2D eigenvalue weighted by molar-refractivity contribution is 7.89. The summed E-state index contributed by atoms with van der Waals surface area (Å²) in [6.07, 6.45) is 2.60. The van der Waals surface area contributed by atoms with E-state index >= 15 is 0 Å². The third-order valence-corrected chi connectivity index (χ3v) is 7.02. The number of sulfonamides is 1. The molecule has 0 saturated carbocycles. The van der Waals surface area contributed by atoms with E-state index in [1.165, 1.54) is 29.4 Å². The summed E-state index contributed by atoms with van der Waals surface area (Å²) < 4.78 is 27.5. The van der Waals surface area contributed by atoms with Crippen molar-refractivity contribution in [1.29, 1.82) is 0 Å². The van der Waals surface area contributed by atoms with Gasteiger partial charge in [0.05, 0.1) is 21.5 Å². The zero-order chi connectivity index (χ0) is 22.0. The summed E-state index contributed by atoms with van der Waals surface area (Å²) in [5.41, 5.74) is -0.145. The Morgan fingerprint density at radius 1 is 1.03 bits per heavy atom. The van der Waals surface area contributed by atoms with Crippen molar-refractivity contribution in [3.63, 3.8) is 0 Å². The van der Waals surface area contributed by atoms with E-state index in [9.17, 15) is 18.0 Å². The van der Waals surface area contributed by atoms with Crippen molar-refractivity contribution in [2.24, 2.45) is 10.3 Å². The molecule has 160 valence electrons. The summed E-state index contributed by atoms with van der Waals surface area (Å²) in [6, 6.07) is 13.1. The lowest BCUT2D eigenvalue weighted by atomic mass is 10.2. The molecule has 10 heteroatoms. The van der Waals surface area contributed by atoms with Gasteiger partial charge < -0.3 is 0 Å². The van der Waals surface area contributed by atoms with E-state index in [1.54, 1.807) is 24.3 Å². The molecule has 1 aliphatic heterocycles. The van der Waals surface area contributed by atoms with Gasteiger partial charge in [0, 0.05) is 20.0 Å². The second-order valence-electron chi connectivity index (χ2n) is 7.29. The second-order valence-corrected chi connectivity index (χ2v) is 9.23. The third-order valence-electron chi connectivity index (χ3n) is 5.13. The van der Waals surface area contributed by atoms with E-state index in [4.69, 9.17) is 0 Å². The number of piperidine rings is 1. The molecule has 0 atom stereocenters. The lowest BCUT2D eigenvalue weighted by molar-refractivity contribution is 0.101. The van der Waals surface area contributed by atoms with Gasteiger partial charge in [-0.1, -0.05) is 24.6 Å². The summed E-state index contributed by atoms with van der Waals surface area (Å²) in [4.78, 5) is 26.0. The smallest absolute Gasteiger partial charge is 0.243 e. The normalized spacial score (nSPS) is 15.5. The van der Waals surface area contributed by atoms with Gasteiger partial charge in [-0.15, -0.1) is 15.0 Å². The molecule has 3 aromatic rings. The van der Waals surface area contributed by atoms with Crippen molar-refractivity contribution in [2.75, 3.05) is 13.1 Å². The minimum atomic E-state index is -3.75. The van der Waals surface area contributed by atoms with Crippen molar-refractivity contribution >= 4 is 32.4 Å². The summed E-state index contributed by atoms with van der Waals surface area (Å²) >= 11 is 0. The lowest BCUT2D eigenvalue weighted by Crippen LogP contribution is -2.35. The highest BCUT2D eigenvalue weighted by atomic mass is 32.2. The van der Waals surface area contributed by atoms with Crippen molar-refractivity contribution < 1.29 is 13.2 Å².